The van der Waals surface area contributed by atoms with Crippen molar-refractivity contribution in [1.29, 1.82) is 0 Å². The van der Waals surface area contributed by atoms with Gasteiger partial charge in [0.25, 0.3) is 0 Å². The van der Waals surface area contributed by atoms with Gasteiger partial charge in [0.15, 0.2) is 0 Å². The normalized spacial score (nSPS) is 37.0. The van der Waals surface area contributed by atoms with Gasteiger partial charge in [-0.25, -0.2) is 4.79 Å². The summed E-state index contributed by atoms with van der Waals surface area (Å²) in [6, 6.07) is -0.472. The molecule has 2 aliphatic carbocycles. The minimum Gasteiger partial charge on any atom is -0.460 e. The molecule has 5 nitrogen and oxygen atoms in total. The Hall–Kier alpha value is -1.62. The third-order valence-electron chi connectivity index (χ3n) is 7.36. The zero-order valence-corrected chi connectivity index (χ0v) is 16.8. The lowest BCUT2D eigenvalue weighted by Crippen LogP contribution is -2.49. The van der Waals surface area contributed by atoms with Gasteiger partial charge < -0.3 is 15.2 Å². The smallest absolute Gasteiger partial charge is 0.336 e. The van der Waals surface area contributed by atoms with E-state index in [-0.39, 0.29) is 18.0 Å². The van der Waals surface area contributed by atoms with Crippen molar-refractivity contribution in [3.05, 3.63) is 23.8 Å². The highest BCUT2D eigenvalue weighted by molar-refractivity contribution is 5.93. The van der Waals surface area contributed by atoms with Crippen molar-refractivity contribution in [3.63, 3.8) is 0 Å². The molecule has 2 N–H and O–H groups in total. The molecule has 3 aliphatic rings. The number of esters is 1. The number of hydrogen-bond acceptors (Lipinski definition) is 4. The summed E-state index contributed by atoms with van der Waals surface area (Å²) in [7, 11) is 0. The number of amides is 1. The Kier molecular flexibility index (Phi) is 5.53. The third-order valence-corrected chi connectivity index (χ3v) is 7.36. The van der Waals surface area contributed by atoms with Crippen LogP contribution in [-0.2, 0) is 14.3 Å². The topological polar surface area (TPSA) is 75.6 Å². The van der Waals surface area contributed by atoms with E-state index in [1.165, 1.54) is 31.3 Å². The summed E-state index contributed by atoms with van der Waals surface area (Å²) in [5.41, 5.74) is 2.32. The van der Waals surface area contributed by atoms with Crippen LogP contribution in [0.1, 0.15) is 59.3 Å². The van der Waals surface area contributed by atoms with E-state index in [0.29, 0.717) is 22.8 Å². The van der Waals surface area contributed by atoms with Gasteiger partial charge in [-0.1, -0.05) is 45.4 Å². The molecule has 4 atom stereocenters. The number of cyclic esters (lactones) is 1. The summed E-state index contributed by atoms with van der Waals surface area (Å²) >= 11 is 0. The fourth-order valence-corrected chi connectivity index (χ4v) is 6.01. The van der Waals surface area contributed by atoms with Gasteiger partial charge in [-0.3, -0.25) is 4.79 Å². The molecule has 1 heterocycles. The van der Waals surface area contributed by atoms with Gasteiger partial charge in [-0.15, -0.1) is 0 Å². The van der Waals surface area contributed by atoms with Crippen molar-refractivity contribution in [2.45, 2.75) is 65.3 Å². The van der Waals surface area contributed by atoms with Crippen LogP contribution in [0, 0.1) is 22.7 Å². The van der Waals surface area contributed by atoms with Gasteiger partial charge in [0.2, 0.25) is 5.91 Å². The summed E-state index contributed by atoms with van der Waals surface area (Å²) in [5.74, 6) is 0.136. The zero-order valence-electron chi connectivity index (χ0n) is 16.8. The summed E-state index contributed by atoms with van der Waals surface area (Å²) in [6.07, 6.45) is 8.65. The molecule has 1 saturated heterocycles. The van der Waals surface area contributed by atoms with Gasteiger partial charge in [-0.05, 0) is 54.8 Å². The minimum absolute atomic E-state index is 0.134. The van der Waals surface area contributed by atoms with E-state index < -0.39 is 18.6 Å². The summed E-state index contributed by atoms with van der Waals surface area (Å²) in [4.78, 5) is 23.7. The Morgan fingerprint density at radius 2 is 2.11 bits per heavy atom. The molecule has 0 aromatic carbocycles. The lowest BCUT2D eigenvalue weighted by atomic mass is 9.47. The van der Waals surface area contributed by atoms with Crippen LogP contribution in [0.4, 0.5) is 0 Å². The first-order valence-corrected chi connectivity index (χ1v) is 10.1. The van der Waals surface area contributed by atoms with Gasteiger partial charge >= 0.3 is 5.97 Å². The second-order valence-electron chi connectivity index (χ2n) is 9.42. The number of ether oxygens (including phenoxy) is 1. The van der Waals surface area contributed by atoms with Crippen LogP contribution in [0.3, 0.4) is 0 Å². The standard InChI is InChI=1S/C22H33NO4/c1-14-6-9-18-21(2,3)10-5-11-22(18,4)16(14)8-7-15-17(13-27-20(15)26)23-19(25)12-24/h7,16-18,24H,1,5-6,8-13H2,2-4H3,(H,23,25)/b15-7+/t16-,17+,18-,22+/m1/s1. The Morgan fingerprint density at radius 1 is 1.37 bits per heavy atom. The Bertz CT molecular complexity index is 665. The summed E-state index contributed by atoms with van der Waals surface area (Å²) in [5, 5.41) is 11.6. The van der Waals surface area contributed by atoms with Crippen LogP contribution < -0.4 is 5.32 Å². The maximum absolute atomic E-state index is 12.1. The SMILES string of the molecule is C=C1CC[C@@H]2C(C)(C)CCC[C@@]2(C)[C@@H]1C/C=C1/C(=O)OC[C@@H]1NC(=O)CO. The number of rotatable bonds is 4. The second-order valence-corrected chi connectivity index (χ2v) is 9.42. The number of aliphatic hydroxyl groups excluding tert-OH is 1. The lowest BCUT2D eigenvalue weighted by Gasteiger charge is -2.58. The first-order valence-electron chi connectivity index (χ1n) is 10.1. The molecule has 0 radical (unpaired) electrons. The number of hydrogen-bond donors (Lipinski definition) is 2. The molecule has 3 fully saturated rings. The van der Waals surface area contributed by atoms with Crippen molar-refractivity contribution >= 4 is 11.9 Å². The molecule has 150 valence electrons. The minimum atomic E-state index is -0.591. The van der Waals surface area contributed by atoms with E-state index in [1.807, 2.05) is 6.08 Å². The highest BCUT2D eigenvalue weighted by Crippen LogP contribution is 2.61. The van der Waals surface area contributed by atoms with Crippen LogP contribution in [0.15, 0.2) is 23.8 Å². The van der Waals surface area contributed by atoms with Gasteiger partial charge in [0.05, 0.1) is 11.6 Å². The number of nitrogens with one attached hydrogen (secondary N) is 1. The largest absolute Gasteiger partial charge is 0.460 e. The van der Waals surface area contributed by atoms with Crippen molar-refractivity contribution in [3.8, 4) is 0 Å². The predicted molar refractivity (Wildman–Crippen MR) is 104 cm³/mol. The molecule has 0 aromatic rings. The molecule has 1 amide bonds. The number of allylic oxidation sites excluding steroid dienone is 2. The van der Waals surface area contributed by atoms with Crippen molar-refractivity contribution in [2.24, 2.45) is 22.7 Å². The highest BCUT2D eigenvalue weighted by atomic mass is 16.5. The number of carbonyl (C=O) groups excluding carboxylic acids is 2. The first-order chi connectivity index (χ1) is 12.7. The highest BCUT2D eigenvalue weighted by Gasteiger charge is 2.52. The molecule has 2 saturated carbocycles. The summed E-state index contributed by atoms with van der Waals surface area (Å²) in [6.45, 7) is 11.1. The van der Waals surface area contributed by atoms with E-state index in [4.69, 9.17) is 9.84 Å². The van der Waals surface area contributed by atoms with E-state index in [0.717, 1.165) is 12.8 Å². The molecule has 0 spiro atoms. The maximum atomic E-state index is 12.1. The van der Waals surface area contributed by atoms with Crippen LogP contribution in [0.5, 0.6) is 0 Å². The second kappa shape index (κ2) is 7.42. The average Bonchev–Trinajstić information content (AvgIpc) is 2.93. The fourth-order valence-electron chi connectivity index (χ4n) is 6.01. The third kappa shape index (κ3) is 3.71. The predicted octanol–water partition coefficient (Wildman–Crippen LogP) is 3.14. The molecule has 27 heavy (non-hydrogen) atoms. The fraction of sp³-hybridized carbons (Fsp3) is 0.727. The molecule has 3 rings (SSSR count). The first kappa shape index (κ1) is 20.1. The molecular weight excluding hydrogens is 342 g/mol. The zero-order chi connectivity index (χ0) is 19.8. The molecule has 0 bridgehead atoms. The van der Waals surface area contributed by atoms with Crippen LogP contribution in [0.2, 0.25) is 0 Å². The molecular formula is C22H33NO4. The van der Waals surface area contributed by atoms with Crippen LogP contribution in [-0.4, -0.2) is 36.2 Å². The average molecular weight is 376 g/mol. The van der Waals surface area contributed by atoms with E-state index >= 15 is 0 Å². The lowest BCUT2D eigenvalue weighted by molar-refractivity contribution is -0.135. The number of carbonyl (C=O) groups is 2. The number of fused-ring (bicyclic) bond motifs is 1. The summed E-state index contributed by atoms with van der Waals surface area (Å²) < 4.78 is 5.13. The molecule has 0 unspecified atom stereocenters. The van der Waals surface area contributed by atoms with E-state index in [2.05, 4.69) is 32.7 Å². The quantitative estimate of drug-likeness (QED) is 0.450. The van der Waals surface area contributed by atoms with Crippen molar-refractivity contribution < 1.29 is 19.4 Å². The van der Waals surface area contributed by atoms with E-state index in [1.54, 1.807) is 0 Å². The molecule has 1 aliphatic heterocycles. The van der Waals surface area contributed by atoms with Gasteiger partial charge in [0.1, 0.15) is 13.2 Å². The van der Waals surface area contributed by atoms with Crippen LogP contribution in [0.25, 0.3) is 0 Å². The molecule has 0 aromatic heterocycles. The monoisotopic (exact) mass is 375 g/mol. The van der Waals surface area contributed by atoms with Gasteiger partial charge in [-0.2, -0.15) is 0 Å². The van der Waals surface area contributed by atoms with Crippen molar-refractivity contribution in [1.82, 2.24) is 5.32 Å². The van der Waals surface area contributed by atoms with E-state index in [9.17, 15) is 9.59 Å². The Morgan fingerprint density at radius 3 is 2.81 bits per heavy atom. The number of aliphatic hydroxyl groups is 1. The maximum Gasteiger partial charge on any atom is 0.336 e. The van der Waals surface area contributed by atoms with Gasteiger partial charge in [0, 0.05) is 0 Å². The van der Waals surface area contributed by atoms with Crippen LogP contribution >= 0.6 is 0 Å². The Labute approximate surface area is 162 Å². The van der Waals surface area contributed by atoms with Crippen molar-refractivity contribution in [2.75, 3.05) is 13.2 Å². The Balaban J connectivity index is 1.82. The molecule has 5 heteroatoms.